The van der Waals surface area contributed by atoms with Crippen LogP contribution < -0.4 is 0 Å². The van der Waals surface area contributed by atoms with E-state index >= 15 is 4.79 Å². The lowest BCUT2D eigenvalue weighted by molar-refractivity contribution is -0.253. The van der Waals surface area contributed by atoms with Crippen molar-refractivity contribution in [3.05, 3.63) is 0 Å². The lowest BCUT2D eigenvalue weighted by Crippen LogP contribution is -2.68. The van der Waals surface area contributed by atoms with Gasteiger partial charge in [-0.1, -0.05) is 55.4 Å². The summed E-state index contributed by atoms with van der Waals surface area (Å²) >= 11 is 0. The number of aliphatic carboxylic acids is 1. The molecule has 7 saturated carbocycles. The Balaban J connectivity index is 0.956. The molecule has 7 aliphatic carbocycles. The number of nitrogens with zero attached hydrogens (tertiary/aromatic N) is 3. The molecule has 2 heterocycles. The summed E-state index contributed by atoms with van der Waals surface area (Å²) in [7, 11) is 4.44. The van der Waals surface area contributed by atoms with E-state index in [1.807, 2.05) is 13.8 Å². The van der Waals surface area contributed by atoms with Crippen molar-refractivity contribution in [2.24, 2.45) is 79.3 Å². The standard InChI is InChI=1S/C50H81N3O5/c1-44(2)35(41(54)55)28-36(44)42(56)58-39-17-19-47(6)37(45(39,3)4)16-20-49(8)38(47)14-13-34-40-33(46(5)22-23-46)15-21-50(40,25-24-48(34,49)7)43(57)53-26-11-12-32(53)30-52-27-18-31(29-52)51(9)10/h31-40H,11-30H2,1-10H3,(H,54,55)/t31-,32-,33+,34+,35-,36+,37-,38+,39-,40+,47-,48+,49+,50-/m0/s1. The fourth-order valence-corrected chi connectivity index (χ4v) is 17.7. The van der Waals surface area contributed by atoms with E-state index in [1.54, 1.807) is 0 Å². The van der Waals surface area contributed by atoms with Crippen LogP contribution in [-0.4, -0.2) is 96.1 Å². The average molecular weight is 804 g/mol. The molecule has 9 rings (SSSR count). The van der Waals surface area contributed by atoms with Crippen molar-refractivity contribution >= 4 is 17.8 Å². The van der Waals surface area contributed by atoms with Crippen LogP contribution in [0.4, 0.5) is 0 Å². The fraction of sp³-hybridized carbons (Fsp3) is 0.940. The monoisotopic (exact) mass is 804 g/mol. The molecule has 0 aromatic rings. The van der Waals surface area contributed by atoms with Gasteiger partial charge in [-0.05, 0) is 180 Å². The molecule has 14 atom stereocenters. The minimum absolute atomic E-state index is 0.136. The quantitative estimate of drug-likeness (QED) is 0.245. The fourth-order valence-electron chi connectivity index (χ4n) is 17.7. The predicted molar refractivity (Wildman–Crippen MR) is 228 cm³/mol. The molecule has 8 nitrogen and oxygen atoms in total. The summed E-state index contributed by atoms with van der Waals surface area (Å²) in [5, 5.41) is 9.72. The van der Waals surface area contributed by atoms with Crippen molar-refractivity contribution in [1.29, 1.82) is 0 Å². The Morgan fingerprint density at radius 1 is 0.707 bits per heavy atom. The highest BCUT2D eigenvalue weighted by Crippen LogP contribution is 2.79. The van der Waals surface area contributed by atoms with Gasteiger partial charge in [-0.15, -0.1) is 0 Å². The number of amides is 1. The molecule has 1 amide bonds. The zero-order valence-electron chi connectivity index (χ0n) is 38.3. The first kappa shape index (κ1) is 41.7. The Hall–Kier alpha value is -1.67. The molecule has 0 spiro atoms. The molecule has 0 unspecified atom stereocenters. The number of carbonyl (C=O) groups is 3. The number of carboxylic acids is 1. The number of hydrogen-bond donors (Lipinski definition) is 1. The number of likely N-dealkylation sites (tertiary alicyclic amines) is 2. The van der Waals surface area contributed by atoms with E-state index in [1.165, 1.54) is 57.8 Å². The highest BCUT2D eigenvalue weighted by atomic mass is 16.5. The van der Waals surface area contributed by atoms with E-state index < -0.39 is 17.3 Å². The maximum Gasteiger partial charge on any atom is 0.309 e. The van der Waals surface area contributed by atoms with E-state index in [9.17, 15) is 14.7 Å². The van der Waals surface area contributed by atoms with Crippen LogP contribution in [-0.2, 0) is 19.1 Å². The Morgan fingerprint density at radius 2 is 1.45 bits per heavy atom. The summed E-state index contributed by atoms with van der Waals surface area (Å²) in [6.45, 7) is 23.6. The molecule has 2 aliphatic heterocycles. The Kier molecular flexibility index (Phi) is 9.82. The SMILES string of the molecule is CN(C)[C@H]1CCN(C[C@@H]2CCCN2C(=O)[C@]23CC[C@@H](C4(C)CC4)[C@@H]2[C@H]2CC[C@@H]4[C@@]5(C)CC[C@H](OC(=O)[C@H]6C[C@@H](C(=O)O)C6(C)C)C(C)(C)[C@@H]5CC[C@@]4(C)[C@]2(C)CC3)C1. The van der Waals surface area contributed by atoms with E-state index in [-0.39, 0.29) is 45.1 Å². The van der Waals surface area contributed by atoms with Gasteiger partial charge in [-0.2, -0.15) is 0 Å². The molecule has 9 aliphatic rings. The molecule has 9 fully saturated rings. The van der Waals surface area contributed by atoms with Gasteiger partial charge in [-0.25, -0.2) is 0 Å². The summed E-state index contributed by atoms with van der Waals surface area (Å²) in [5.41, 5.74) is 0.0887. The second kappa shape index (κ2) is 13.7. The second-order valence-corrected chi connectivity index (χ2v) is 24.9. The van der Waals surface area contributed by atoms with Crippen molar-refractivity contribution in [2.45, 2.75) is 176 Å². The first-order valence-electron chi connectivity index (χ1n) is 24.3. The van der Waals surface area contributed by atoms with E-state index in [4.69, 9.17) is 4.74 Å². The summed E-state index contributed by atoms with van der Waals surface area (Å²) in [6, 6.07) is 1.00. The molecular formula is C50H81N3O5. The summed E-state index contributed by atoms with van der Waals surface area (Å²) < 4.78 is 6.49. The van der Waals surface area contributed by atoms with Crippen LogP contribution in [0, 0.1) is 79.3 Å². The van der Waals surface area contributed by atoms with Crippen molar-refractivity contribution in [2.75, 3.05) is 40.3 Å². The van der Waals surface area contributed by atoms with Crippen LogP contribution in [0.15, 0.2) is 0 Å². The van der Waals surface area contributed by atoms with Crippen molar-refractivity contribution < 1.29 is 24.2 Å². The number of likely N-dealkylation sites (N-methyl/N-ethyl adjacent to an activating group) is 1. The molecular weight excluding hydrogens is 723 g/mol. The van der Waals surface area contributed by atoms with E-state index in [0.29, 0.717) is 59.4 Å². The van der Waals surface area contributed by atoms with Crippen molar-refractivity contribution in [1.82, 2.24) is 14.7 Å². The normalized spacial score (nSPS) is 48.6. The third-order valence-electron chi connectivity index (χ3n) is 21.9. The number of carboxylic acid groups (broad SMARTS) is 1. The van der Waals surface area contributed by atoms with Gasteiger partial charge in [0, 0.05) is 37.1 Å². The number of fused-ring (bicyclic) bond motifs is 7. The van der Waals surface area contributed by atoms with Crippen LogP contribution in [0.2, 0.25) is 0 Å². The molecule has 0 bridgehead atoms. The van der Waals surface area contributed by atoms with Gasteiger partial charge in [-0.3, -0.25) is 19.3 Å². The molecule has 2 saturated heterocycles. The van der Waals surface area contributed by atoms with Crippen molar-refractivity contribution in [3.63, 3.8) is 0 Å². The lowest BCUT2D eigenvalue weighted by atomic mass is 9.32. The molecule has 0 aromatic heterocycles. The maximum atomic E-state index is 15.6. The molecule has 8 heteroatoms. The van der Waals surface area contributed by atoms with Crippen LogP contribution in [0.3, 0.4) is 0 Å². The largest absolute Gasteiger partial charge is 0.481 e. The Bertz CT molecular complexity index is 1670. The summed E-state index contributed by atoms with van der Waals surface area (Å²) in [6.07, 6.45) is 18.0. The molecule has 0 radical (unpaired) electrons. The Morgan fingerprint density at radius 3 is 2.10 bits per heavy atom. The molecule has 0 aromatic carbocycles. The topological polar surface area (TPSA) is 90.4 Å². The molecule has 58 heavy (non-hydrogen) atoms. The third kappa shape index (κ3) is 5.79. The lowest BCUT2D eigenvalue weighted by Gasteiger charge is -2.73. The third-order valence-corrected chi connectivity index (χ3v) is 21.9. The number of esters is 1. The predicted octanol–water partition coefficient (Wildman–Crippen LogP) is 9.15. The molecule has 1 N–H and O–H groups in total. The first-order chi connectivity index (χ1) is 27.1. The van der Waals surface area contributed by atoms with Gasteiger partial charge in [0.2, 0.25) is 5.91 Å². The van der Waals surface area contributed by atoms with Gasteiger partial charge >= 0.3 is 11.9 Å². The zero-order valence-corrected chi connectivity index (χ0v) is 38.3. The van der Waals surface area contributed by atoms with Crippen LogP contribution >= 0.6 is 0 Å². The number of rotatable bonds is 8. The Labute approximate surface area is 351 Å². The van der Waals surface area contributed by atoms with Gasteiger partial charge in [0.15, 0.2) is 0 Å². The van der Waals surface area contributed by atoms with Crippen LogP contribution in [0.5, 0.6) is 0 Å². The average Bonchev–Trinajstić information content (AvgIpc) is 3.50. The van der Waals surface area contributed by atoms with E-state index in [2.05, 4.69) is 70.3 Å². The highest BCUT2D eigenvalue weighted by molar-refractivity contribution is 5.84. The number of hydrogen-bond acceptors (Lipinski definition) is 6. The van der Waals surface area contributed by atoms with Crippen molar-refractivity contribution in [3.8, 4) is 0 Å². The van der Waals surface area contributed by atoms with Gasteiger partial charge in [0.05, 0.1) is 17.3 Å². The van der Waals surface area contributed by atoms with E-state index in [0.717, 1.165) is 64.7 Å². The van der Waals surface area contributed by atoms with Gasteiger partial charge < -0.3 is 19.6 Å². The minimum atomic E-state index is -0.802. The zero-order chi connectivity index (χ0) is 41.6. The van der Waals surface area contributed by atoms with Gasteiger partial charge in [0.25, 0.3) is 0 Å². The maximum absolute atomic E-state index is 15.6. The molecule has 326 valence electrons. The highest BCUT2D eigenvalue weighted by Gasteiger charge is 2.74. The minimum Gasteiger partial charge on any atom is -0.481 e. The second-order valence-electron chi connectivity index (χ2n) is 24.9. The van der Waals surface area contributed by atoms with Crippen LogP contribution in [0.1, 0.15) is 158 Å². The number of ether oxygens (including phenoxy) is 1. The van der Waals surface area contributed by atoms with Gasteiger partial charge in [0.1, 0.15) is 6.10 Å². The van der Waals surface area contributed by atoms with Crippen LogP contribution in [0.25, 0.3) is 0 Å². The smallest absolute Gasteiger partial charge is 0.309 e. The summed E-state index contributed by atoms with van der Waals surface area (Å²) in [5.74, 6) is 1.62. The number of carbonyl (C=O) groups excluding carboxylic acids is 2. The first-order valence-corrected chi connectivity index (χ1v) is 24.3. The summed E-state index contributed by atoms with van der Waals surface area (Å²) in [4.78, 5) is 48.7.